The molecule has 0 heterocycles. The molecule has 0 spiro atoms. The number of carbonyl (C=O) groups is 2. The Morgan fingerprint density at radius 1 is 1.18 bits per heavy atom. The Kier molecular flexibility index (Phi) is 7.43. The van der Waals surface area contributed by atoms with Gasteiger partial charge in [0.15, 0.2) is 0 Å². The SMILES string of the molecule is CCCCNC(=O)[C@H](NC(=O)c1ccc(OC)cc1)C(C)C. The lowest BCUT2D eigenvalue weighted by molar-refractivity contribution is -0.123. The molecular weight excluding hydrogens is 280 g/mol. The fourth-order valence-corrected chi connectivity index (χ4v) is 2.00. The number of carbonyl (C=O) groups excluding carboxylic acids is 2. The molecule has 2 amide bonds. The number of amides is 2. The lowest BCUT2D eigenvalue weighted by Crippen LogP contribution is -2.49. The van der Waals surface area contributed by atoms with Crippen LogP contribution in [-0.4, -0.2) is 31.5 Å². The Bertz CT molecular complexity index is 483. The van der Waals surface area contributed by atoms with E-state index in [0.717, 1.165) is 12.8 Å². The van der Waals surface area contributed by atoms with Crippen LogP contribution in [0.15, 0.2) is 24.3 Å². The molecule has 1 rings (SSSR count). The minimum atomic E-state index is -0.536. The first-order valence-corrected chi connectivity index (χ1v) is 7.72. The van der Waals surface area contributed by atoms with Crippen LogP contribution >= 0.6 is 0 Å². The van der Waals surface area contributed by atoms with E-state index in [9.17, 15) is 9.59 Å². The summed E-state index contributed by atoms with van der Waals surface area (Å²) in [6, 6.07) is 6.27. The van der Waals surface area contributed by atoms with Crippen LogP contribution in [0.3, 0.4) is 0 Å². The molecule has 0 aliphatic heterocycles. The van der Waals surface area contributed by atoms with Gasteiger partial charge in [-0.3, -0.25) is 9.59 Å². The van der Waals surface area contributed by atoms with E-state index < -0.39 is 6.04 Å². The van der Waals surface area contributed by atoms with Crippen molar-refractivity contribution in [2.45, 2.75) is 39.7 Å². The number of methoxy groups -OCH3 is 1. The molecule has 5 nitrogen and oxygen atoms in total. The van der Waals surface area contributed by atoms with Gasteiger partial charge in [-0.05, 0) is 36.6 Å². The molecule has 1 atom stereocenters. The molecule has 0 unspecified atom stereocenters. The molecule has 0 fully saturated rings. The topological polar surface area (TPSA) is 67.4 Å². The maximum atomic E-state index is 12.3. The van der Waals surface area contributed by atoms with Crippen molar-refractivity contribution in [1.29, 1.82) is 0 Å². The van der Waals surface area contributed by atoms with Crippen LogP contribution < -0.4 is 15.4 Å². The van der Waals surface area contributed by atoms with Gasteiger partial charge in [0.25, 0.3) is 5.91 Å². The van der Waals surface area contributed by atoms with Gasteiger partial charge in [0.1, 0.15) is 11.8 Å². The lowest BCUT2D eigenvalue weighted by Gasteiger charge is -2.21. The highest BCUT2D eigenvalue weighted by atomic mass is 16.5. The Morgan fingerprint density at radius 3 is 2.32 bits per heavy atom. The van der Waals surface area contributed by atoms with Crippen molar-refractivity contribution in [1.82, 2.24) is 10.6 Å². The Labute approximate surface area is 132 Å². The van der Waals surface area contributed by atoms with Crippen LogP contribution in [0, 0.1) is 5.92 Å². The van der Waals surface area contributed by atoms with E-state index >= 15 is 0 Å². The third-order valence-electron chi connectivity index (χ3n) is 3.42. The van der Waals surface area contributed by atoms with Crippen molar-refractivity contribution < 1.29 is 14.3 Å². The lowest BCUT2D eigenvalue weighted by atomic mass is 10.0. The molecule has 22 heavy (non-hydrogen) atoms. The van der Waals surface area contributed by atoms with E-state index in [4.69, 9.17) is 4.74 Å². The molecule has 0 radical (unpaired) electrons. The van der Waals surface area contributed by atoms with Gasteiger partial charge in [-0.25, -0.2) is 0 Å². The first-order chi connectivity index (χ1) is 10.5. The summed E-state index contributed by atoms with van der Waals surface area (Å²) in [6.45, 7) is 6.53. The molecule has 0 aromatic heterocycles. The number of ether oxygens (including phenoxy) is 1. The van der Waals surface area contributed by atoms with Crippen LogP contribution in [-0.2, 0) is 4.79 Å². The number of hydrogen-bond acceptors (Lipinski definition) is 3. The molecule has 0 bridgehead atoms. The molecule has 0 aliphatic rings. The zero-order chi connectivity index (χ0) is 16.5. The van der Waals surface area contributed by atoms with E-state index in [0.29, 0.717) is 17.9 Å². The molecule has 5 heteroatoms. The second-order valence-electron chi connectivity index (χ2n) is 5.57. The van der Waals surface area contributed by atoms with E-state index in [1.54, 1.807) is 31.4 Å². The van der Waals surface area contributed by atoms with Gasteiger partial charge in [0.2, 0.25) is 5.91 Å². The number of rotatable bonds is 8. The molecule has 0 saturated heterocycles. The van der Waals surface area contributed by atoms with Crippen molar-refractivity contribution in [3.8, 4) is 5.75 Å². The monoisotopic (exact) mass is 306 g/mol. The van der Waals surface area contributed by atoms with Gasteiger partial charge in [-0.2, -0.15) is 0 Å². The highest BCUT2D eigenvalue weighted by Gasteiger charge is 2.24. The summed E-state index contributed by atoms with van der Waals surface area (Å²) in [4.78, 5) is 24.4. The second-order valence-corrected chi connectivity index (χ2v) is 5.57. The molecule has 1 aromatic carbocycles. The third-order valence-corrected chi connectivity index (χ3v) is 3.42. The van der Waals surface area contributed by atoms with Crippen molar-refractivity contribution in [2.24, 2.45) is 5.92 Å². The predicted octanol–water partition coefficient (Wildman–Crippen LogP) is 2.37. The Morgan fingerprint density at radius 2 is 1.82 bits per heavy atom. The average molecular weight is 306 g/mol. The smallest absolute Gasteiger partial charge is 0.251 e. The van der Waals surface area contributed by atoms with Crippen molar-refractivity contribution in [2.75, 3.05) is 13.7 Å². The highest BCUT2D eigenvalue weighted by molar-refractivity contribution is 5.97. The van der Waals surface area contributed by atoms with E-state index in [2.05, 4.69) is 17.6 Å². The molecule has 122 valence electrons. The maximum Gasteiger partial charge on any atom is 0.251 e. The van der Waals surface area contributed by atoms with Crippen LogP contribution in [0.2, 0.25) is 0 Å². The van der Waals surface area contributed by atoms with Crippen molar-refractivity contribution in [3.63, 3.8) is 0 Å². The summed E-state index contributed by atoms with van der Waals surface area (Å²) < 4.78 is 5.07. The second kappa shape index (κ2) is 9.07. The average Bonchev–Trinajstić information content (AvgIpc) is 2.52. The fraction of sp³-hybridized carbons (Fsp3) is 0.529. The summed E-state index contributed by atoms with van der Waals surface area (Å²) in [5.41, 5.74) is 0.507. The van der Waals surface area contributed by atoms with E-state index in [1.165, 1.54) is 0 Å². The highest BCUT2D eigenvalue weighted by Crippen LogP contribution is 2.12. The van der Waals surface area contributed by atoms with Gasteiger partial charge >= 0.3 is 0 Å². The van der Waals surface area contributed by atoms with Crippen molar-refractivity contribution in [3.05, 3.63) is 29.8 Å². The maximum absolute atomic E-state index is 12.3. The molecule has 1 aromatic rings. The van der Waals surface area contributed by atoms with Crippen molar-refractivity contribution >= 4 is 11.8 Å². The van der Waals surface area contributed by atoms with Crippen LogP contribution in [0.4, 0.5) is 0 Å². The van der Waals surface area contributed by atoms with E-state index in [-0.39, 0.29) is 17.7 Å². The molecule has 0 saturated carbocycles. The first-order valence-electron chi connectivity index (χ1n) is 7.72. The molecule has 2 N–H and O–H groups in total. The third kappa shape index (κ3) is 5.39. The Hall–Kier alpha value is -2.04. The minimum Gasteiger partial charge on any atom is -0.497 e. The van der Waals surface area contributed by atoms with Gasteiger partial charge < -0.3 is 15.4 Å². The van der Waals surface area contributed by atoms with Crippen LogP contribution in [0.25, 0.3) is 0 Å². The normalized spacial score (nSPS) is 11.9. The summed E-state index contributed by atoms with van der Waals surface area (Å²) >= 11 is 0. The molecular formula is C17H26N2O3. The van der Waals surface area contributed by atoms with Crippen LogP contribution in [0.5, 0.6) is 5.75 Å². The zero-order valence-electron chi connectivity index (χ0n) is 13.8. The van der Waals surface area contributed by atoms with Crippen LogP contribution in [0.1, 0.15) is 44.0 Å². The van der Waals surface area contributed by atoms with Gasteiger partial charge in [-0.15, -0.1) is 0 Å². The number of nitrogens with one attached hydrogen (secondary N) is 2. The molecule has 0 aliphatic carbocycles. The summed E-state index contributed by atoms with van der Waals surface area (Å²) in [5, 5.41) is 5.67. The minimum absolute atomic E-state index is 0.0174. The van der Waals surface area contributed by atoms with Gasteiger partial charge in [-0.1, -0.05) is 27.2 Å². The summed E-state index contributed by atoms with van der Waals surface area (Å²) in [6.07, 6.45) is 1.95. The number of hydrogen-bond donors (Lipinski definition) is 2. The number of benzene rings is 1. The van der Waals surface area contributed by atoms with Gasteiger partial charge in [0.05, 0.1) is 7.11 Å². The largest absolute Gasteiger partial charge is 0.497 e. The first kappa shape index (κ1) is 18.0. The fourth-order valence-electron chi connectivity index (χ4n) is 2.00. The quantitative estimate of drug-likeness (QED) is 0.725. The van der Waals surface area contributed by atoms with Gasteiger partial charge in [0, 0.05) is 12.1 Å². The number of unbranched alkanes of at least 4 members (excludes halogenated alkanes) is 1. The zero-order valence-corrected chi connectivity index (χ0v) is 13.8. The Balaban J connectivity index is 2.68. The summed E-state index contributed by atoms with van der Waals surface area (Å²) in [7, 11) is 1.57. The standard InChI is InChI=1S/C17H26N2O3/c1-5-6-11-18-17(21)15(12(2)3)19-16(20)13-7-9-14(22-4)10-8-13/h7-10,12,15H,5-6,11H2,1-4H3,(H,18,21)(H,19,20)/t15-/m1/s1. The van der Waals surface area contributed by atoms with E-state index in [1.807, 2.05) is 13.8 Å². The summed E-state index contributed by atoms with van der Waals surface area (Å²) in [5.74, 6) is 0.315. The predicted molar refractivity (Wildman–Crippen MR) is 87.0 cm³/mol.